The minimum atomic E-state index is 0. The van der Waals surface area contributed by atoms with Crippen LogP contribution >= 0.6 is 24.0 Å². The molecule has 2 N–H and O–H groups in total. The van der Waals surface area contributed by atoms with Gasteiger partial charge in [0.05, 0.1) is 13.7 Å². The zero-order valence-electron chi connectivity index (χ0n) is 16.4. The lowest BCUT2D eigenvalue weighted by Gasteiger charge is -2.15. The average Bonchev–Trinajstić information content (AvgIpc) is 3.13. The molecule has 0 aliphatic rings. The van der Waals surface area contributed by atoms with Crippen molar-refractivity contribution >= 4 is 35.6 Å². The predicted octanol–water partition coefficient (Wildman–Crippen LogP) is 3.62. The highest BCUT2D eigenvalue weighted by atomic mass is 127. The molecule has 0 spiro atoms. The van der Waals surface area contributed by atoms with Crippen LogP contribution in [-0.4, -0.2) is 42.5 Å². The highest BCUT2D eigenvalue weighted by Gasteiger charge is 2.08. The molecule has 0 aliphatic heterocycles. The second-order valence-corrected chi connectivity index (χ2v) is 5.98. The number of anilines is 1. The topological polar surface area (TPSA) is 72.7 Å². The first-order chi connectivity index (χ1) is 12.7. The Hall–Kier alpha value is -1.97. The highest BCUT2D eigenvalue weighted by molar-refractivity contribution is 14.0. The molecular weight excluding hydrogens is 457 g/mol. The maximum Gasteiger partial charge on any atom is 0.195 e. The molecule has 1 unspecified atom stereocenters. The van der Waals surface area contributed by atoms with Crippen molar-refractivity contribution in [3.63, 3.8) is 0 Å². The van der Waals surface area contributed by atoms with Crippen molar-refractivity contribution in [2.45, 2.75) is 27.3 Å². The van der Waals surface area contributed by atoms with Crippen molar-refractivity contribution in [2.75, 3.05) is 32.1 Å². The number of ether oxygens (including phenoxy) is 2. The summed E-state index contributed by atoms with van der Waals surface area (Å²) in [5.41, 5.74) is 0.897. The van der Waals surface area contributed by atoms with Crippen LogP contribution in [-0.2, 0) is 6.54 Å². The maximum absolute atomic E-state index is 5.63. The summed E-state index contributed by atoms with van der Waals surface area (Å²) in [5.74, 6) is 2.54. The molecule has 1 atom stereocenters. The second kappa shape index (κ2) is 12.4. The zero-order valence-corrected chi connectivity index (χ0v) is 18.8. The summed E-state index contributed by atoms with van der Waals surface area (Å²) in [6, 6.07) is 7.68. The molecule has 0 saturated carbocycles. The lowest BCUT2D eigenvalue weighted by molar-refractivity contribution is 0.311. The lowest BCUT2D eigenvalue weighted by atomic mass is 10.2. The fourth-order valence-corrected chi connectivity index (χ4v) is 2.50. The number of nitrogens with zero attached hydrogens (tertiary/aromatic N) is 3. The number of guanidine groups is 1. The number of nitrogens with one attached hydrogen (secondary N) is 2. The molecule has 1 heterocycles. The third kappa shape index (κ3) is 7.66. The van der Waals surface area contributed by atoms with Crippen LogP contribution in [0.3, 0.4) is 0 Å². The first-order valence-corrected chi connectivity index (χ1v) is 8.99. The van der Waals surface area contributed by atoms with Gasteiger partial charge in [-0.05, 0) is 38.0 Å². The van der Waals surface area contributed by atoms with Crippen LogP contribution in [0.25, 0.3) is 0 Å². The first kappa shape index (κ1) is 23.1. The third-order valence-corrected chi connectivity index (χ3v) is 3.69. The van der Waals surface area contributed by atoms with Gasteiger partial charge in [-0.1, -0.05) is 6.92 Å². The SMILES string of the molecule is CCNC(=NCC(C)Cn1cccn1)Nc1ccc(OC)c(OCC)c1.I. The Morgan fingerprint density at radius 2 is 2.11 bits per heavy atom. The number of aromatic nitrogens is 2. The van der Waals surface area contributed by atoms with Crippen molar-refractivity contribution in [1.82, 2.24) is 15.1 Å². The molecule has 0 aliphatic carbocycles. The van der Waals surface area contributed by atoms with Gasteiger partial charge in [0.15, 0.2) is 17.5 Å². The number of hydrogen-bond acceptors (Lipinski definition) is 4. The van der Waals surface area contributed by atoms with Gasteiger partial charge in [-0.2, -0.15) is 5.10 Å². The fraction of sp³-hybridized carbons (Fsp3) is 0.474. The summed E-state index contributed by atoms with van der Waals surface area (Å²) in [6.45, 7) is 9.06. The number of methoxy groups -OCH3 is 1. The number of benzene rings is 1. The summed E-state index contributed by atoms with van der Waals surface area (Å²) < 4.78 is 12.9. The average molecular weight is 487 g/mol. The van der Waals surface area contributed by atoms with E-state index >= 15 is 0 Å². The monoisotopic (exact) mass is 487 g/mol. The molecule has 27 heavy (non-hydrogen) atoms. The molecule has 2 rings (SSSR count). The van der Waals surface area contributed by atoms with Crippen LogP contribution in [0.2, 0.25) is 0 Å². The number of rotatable bonds is 9. The second-order valence-electron chi connectivity index (χ2n) is 5.98. The van der Waals surface area contributed by atoms with Crippen molar-refractivity contribution in [1.29, 1.82) is 0 Å². The van der Waals surface area contributed by atoms with Crippen molar-refractivity contribution < 1.29 is 9.47 Å². The zero-order chi connectivity index (χ0) is 18.8. The highest BCUT2D eigenvalue weighted by Crippen LogP contribution is 2.30. The number of aliphatic imine (C=N–C) groups is 1. The minimum Gasteiger partial charge on any atom is -0.493 e. The summed E-state index contributed by atoms with van der Waals surface area (Å²) >= 11 is 0. The molecule has 0 bridgehead atoms. The van der Waals surface area contributed by atoms with Crippen LogP contribution in [0.15, 0.2) is 41.7 Å². The normalized spacial score (nSPS) is 12.1. The van der Waals surface area contributed by atoms with Crippen LogP contribution in [0.1, 0.15) is 20.8 Å². The smallest absolute Gasteiger partial charge is 0.195 e. The molecule has 0 saturated heterocycles. The molecule has 1 aromatic carbocycles. The van der Waals surface area contributed by atoms with E-state index < -0.39 is 0 Å². The Bertz CT molecular complexity index is 691. The van der Waals surface area contributed by atoms with Gasteiger partial charge in [0.25, 0.3) is 0 Å². The van der Waals surface area contributed by atoms with Gasteiger partial charge >= 0.3 is 0 Å². The van der Waals surface area contributed by atoms with E-state index in [9.17, 15) is 0 Å². The molecular formula is C19H30IN5O2. The Labute approximate surface area is 178 Å². The largest absolute Gasteiger partial charge is 0.493 e. The van der Waals surface area contributed by atoms with Gasteiger partial charge in [0.2, 0.25) is 0 Å². The Morgan fingerprint density at radius 3 is 2.74 bits per heavy atom. The van der Waals surface area contributed by atoms with Gasteiger partial charge in [0, 0.05) is 43.8 Å². The Balaban J connectivity index is 0.00000364. The molecule has 0 fully saturated rings. The molecule has 150 valence electrons. The molecule has 1 aromatic heterocycles. The summed E-state index contributed by atoms with van der Waals surface area (Å²) in [7, 11) is 1.64. The Morgan fingerprint density at radius 1 is 1.30 bits per heavy atom. The van der Waals surface area contributed by atoms with E-state index in [1.807, 2.05) is 49.0 Å². The van der Waals surface area contributed by atoms with Crippen LogP contribution < -0.4 is 20.1 Å². The third-order valence-electron chi connectivity index (χ3n) is 3.69. The van der Waals surface area contributed by atoms with Gasteiger partial charge in [-0.15, -0.1) is 24.0 Å². The molecule has 7 nitrogen and oxygen atoms in total. The van der Waals surface area contributed by atoms with Crippen molar-refractivity contribution in [3.05, 3.63) is 36.7 Å². The van der Waals surface area contributed by atoms with E-state index in [1.54, 1.807) is 13.3 Å². The van der Waals surface area contributed by atoms with Gasteiger partial charge in [-0.3, -0.25) is 9.67 Å². The van der Waals surface area contributed by atoms with E-state index in [0.717, 1.165) is 24.7 Å². The van der Waals surface area contributed by atoms with Gasteiger partial charge in [0.1, 0.15) is 0 Å². The molecule has 0 radical (unpaired) electrons. The van der Waals surface area contributed by atoms with E-state index in [-0.39, 0.29) is 24.0 Å². The van der Waals surface area contributed by atoms with E-state index in [4.69, 9.17) is 9.47 Å². The fourth-order valence-electron chi connectivity index (χ4n) is 2.50. The first-order valence-electron chi connectivity index (χ1n) is 8.99. The summed E-state index contributed by atoms with van der Waals surface area (Å²) in [5, 5.41) is 10.8. The maximum atomic E-state index is 5.63. The van der Waals surface area contributed by atoms with Gasteiger partial charge < -0.3 is 20.1 Å². The van der Waals surface area contributed by atoms with E-state index in [1.165, 1.54) is 0 Å². The van der Waals surface area contributed by atoms with Crippen molar-refractivity contribution in [2.24, 2.45) is 10.9 Å². The van der Waals surface area contributed by atoms with Crippen LogP contribution in [0.4, 0.5) is 5.69 Å². The Kier molecular flexibility index (Phi) is 10.6. The summed E-state index contributed by atoms with van der Waals surface area (Å²) in [6.07, 6.45) is 3.76. The van der Waals surface area contributed by atoms with E-state index in [2.05, 4.69) is 27.6 Å². The standard InChI is InChI=1S/C19H29N5O2.HI/c1-5-20-19(21-13-15(3)14-24-11-7-10-22-24)23-16-8-9-17(25-4)18(12-16)26-6-2;/h7-12,15H,5-6,13-14H2,1-4H3,(H2,20,21,23);1H. The quantitative estimate of drug-likeness (QED) is 0.321. The molecule has 2 aromatic rings. The summed E-state index contributed by atoms with van der Waals surface area (Å²) in [4.78, 5) is 4.69. The lowest BCUT2D eigenvalue weighted by Crippen LogP contribution is -2.31. The van der Waals surface area contributed by atoms with E-state index in [0.29, 0.717) is 30.6 Å². The minimum absolute atomic E-state index is 0. The van der Waals surface area contributed by atoms with Crippen molar-refractivity contribution in [3.8, 4) is 11.5 Å². The van der Waals surface area contributed by atoms with Crippen LogP contribution in [0.5, 0.6) is 11.5 Å². The predicted molar refractivity (Wildman–Crippen MR) is 121 cm³/mol. The molecule has 0 amide bonds. The number of halogens is 1. The molecule has 8 heteroatoms. The van der Waals surface area contributed by atoms with Crippen LogP contribution in [0, 0.1) is 5.92 Å². The number of hydrogen-bond donors (Lipinski definition) is 2. The van der Waals surface area contributed by atoms with Gasteiger partial charge in [-0.25, -0.2) is 0 Å².